The maximum Gasteiger partial charge on any atom is 0.319 e. The average molecular weight is 193 g/mol. The zero-order chi connectivity index (χ0) is 10.2. The van der Waals surface area contributed by atoms with Gasteiger partial charge in [-0.25, -0.2) is 4.79 Å². The molecule has 4 nitrogen and oxygen atoms in total. The summed E-state index contributed by atoms with van der Waals surface area (Å²) in [6, 6.07) is 9.56. The standard InChI is InChI=1S/C10H13N2O2/c13-8-4-7-11-10(14)12-9-5-2-1-3-6-9/h2-3,5-6,13H,4,7-8H2,(H2,11,12,14). The lowest BCUT2D eigenvalue weighted by Gasteiger charge is -2.05. The Hall–Kier alpha value is -1.55. The fraction of sp³-hybridized carbons (Fsp3) is 0.300. The molecule has 1 aromatic rings. The van der Waals surface area contributed by atoms with Gasteiger partial charge in [0.25, 0.3) is 0 Å². The molecule has 0 aromatic heterocycles. The molecule has 75 valence electrons. The number of rotatable bonds is 4. The molecule has 14 heavy (non-hydrogen) atoms. The van der Waals surface area contributed by atoms with E-state index in [9.17, 15) is 4.79 Å². The number of benzene rings is 1. The first-order valence-corrected chi connectivity index (χ1v) is 4.45. The number of hydrogen-bond donors (Lipinski definition) is 3. The molecular weight excluding hydrogens is 180 g/mol. The van der Waals surface area contributed by atoms with Crippen molar-refractivity contribution >= 4 is 11.7 Å². The number of nitrogens with one attached hydrogen (secondary N) is 2. The first-order valence-electron chi connectivity index (χ1n) is 4.45. The highest BCUT2D eigenvalue weighted by atomic mass is 16.3. The second kappa shape index (κ2) is 5.99. The Labute approximate surface area is 82.9 Å². The minimum atomic E-state index is -0.260. The molecule has 1 radical (unpaired) electrons. The van der Waals surface area contributed by atoms with Gasteiger partial charge in [-0.3, -0.25) is 0 Å². The van der Waals surface area contributed by atoms with E-state index in [4.69, 9.17) is 5.11 Å². The second-order valence-corrected chi connectivity index (χ2v) is 2.75. The van der Waals surface area contributed by atoms with Crippen molar-refractivity contribution < 1.29 is 9.90 Å². The van der Waals surface area contributed by atoms with E-state index in [0.717, 1.165) is 5.69 Å². The topological polar surface area (TPSA) is 61.4 Å². The molecule has 0 aliphatic rings. The van der Waals surface area contributed by atoms with E-state index in [0.29, 0.717) is 13.0 Å². The van der Waals surface area contributed by atoms with Gasteiger partial charge < -0.3 is 15.7 Å². The second-order valence-electron chi connectivity index (χ2n) is 2.75. The lowest BCUT2D eigenvalue weighted by atomic mass is 10.3. The lowest BCUT2D eigenvalue weighted by molar-refractivity contribution is 0.249. The number of amides is 2. The normalized spacial score (nSPS) is 9.50. The van der Waals surface area contributed by atoms with Gasteiger partial charge in [-0.2, -0.15) is 0 Å². The number of hydrogen-bond acceptors (Lipinski definition) is 2. The summed E-state index contributed by atoms with van der Waals surface area (Å²) in [5.41, 5.74) is 0.727. The predicted octanol–water partition coefficient (Wildman–Crippen LogP) is 0.991. The SMILES string of the molecule is O=C(NCCCO)Nc1cc[c]cc1. The number of aliphatic hydroxyl groups excluding tert-OH is 1. The van der Waals surface area contributed by atoms with Gasteiger partial charge in [0.2, 0.25) is 0 Å². The molecule has 0 fully saturated rings. The van der Waals surface area contributed by atoms with Crippen LogP contribution in [0.25, 0.3) is 0 Å². The highest BCUT2D eigenvalue weighted by molar-refractivity contribution is 5.89. The smallest absolute Gasteiger partial charge is 0.319 e. The van der Waals surface area contributed by atoms with Gasteiger partial charge in [0, 0.05) is 18.8 Å². The molecular formula is C10H13N2O2. The van der Waals surface area contributed by atoms with Crippen molar-refractivity contribution in [1.82, 2.24) is 5.32 Å². The molecule has 0 unspecified atom stereocenters. The summed E-state index contributed by atoms with van der Waals surface area (Å²) in [5, 5.41) is 13.8. The summed E-state index contributed by atoms with van der Waals surface area (Å²) in [7, 11) is 0. The summed E-state index contributed by atoms with van der Waals surface area (Å²) in [5.74, 6) is 0. The van der Waals surface area contributed by atoms with Crippen LogP contribution in [-0.4, -0.2) is 24.3 Å². The van der Waals surface area contributed by atoms with E-state index in [-0.39, 0.29) is 12.6 Å². The molecule has 4 heteroatoms. The van der Waals surface area contributed by atoms with Crippen LogP contribution < -0.4 is 10.6 Å². The van der Waals surface area contributed by atoms with Crippen LogP contribution in [0.3, 0.4) is 0 Å². The fourth-order valence-electron chi connectivity index (χ4n) is 0.926. The lowest BCUT2D eigenvalue weighted by Crippen LogP contribution is -2.29. The van der Waals surface area contributed by atoms with Gasteiger partial charge in [-0.05, 0) is 24.6 Å². The van der Waals surface area contributed by atoms with Crippen molar-refractivity contribution in [1.29, 1.82) is 0 Å². The Balaban J connectivity index is 2.27. The van der Waals surface area contributed by atoms with Crippen LogP contribution in [0.5, 0.6) is 0 Å². The molecule has 0 atom stereocenters. The van der Waals surface area contributed by atoms with Gasteiger partial charge in [-0.15, -0.1) is 0 Å². The van der Waals surface area contributed by atoms with Crippen LogP contribution in [0.15, 0.2) is 24.3 Å². The van der Waals surface area contributed by atoms with Crippen molar-refractivity contribution in [2.45, 2.75) is 6.42 Å². The number of aliphatic hydroxyl groups is 1. The predicted molar refractivity (Wildman–Crippen MR) is 54.0 cm³/mol. The maximum atomic E-state index is 11.2. The van der Waals surface area contributed by atoms with Crippen LogP contribution in [0.4, 0.5) is 10.5 Å². The van der Waals surface area contributed by atoms with Crippen LogP contribution >= 0.6 is 0 Å². The summed E-state index contributed by atoms with van der Waals surface area (Å²) in [6.07, 6.45) is 0.565. The zero-order valence-electron chi connectivity index (χ0n) is 7.79. The van der Waals surface area contributed by atoms with Crippen LogP contribution in [0.2, 0.25) is 0 Å². The molecule has 1 aromatic carbocycles. The molecule has 0 saturated heterocycles. The molecule has 3 N–H and O–H groups in total. The minimum absolute atomic E-state index is 0.0839. The largest absolute Gasteiger partial charge is 0.396 e. The Morgan fingerprint density at radius 3 is 2.79 bits per heavy atom. The Morgan fingerprint density at radius 1 is 1.43 bits per heavy atom. The Bertz CT molecular complexity index is 275. The average Bonchev–Trinajstić information content (AvgIpc) is 2.20. The zero-order valence-corrected chi connectivity index (χ0v) is 7.79. The van der Waals surface area contributed by atoms with Gasteiger partial charge in [0.15, 0.2) is 0 Å². The third kappa shape index (κ3) is 3.91. The highest BCUT2D eigenvalue weighted by Crippen LogP contribution is 2.03. The molecule has 2 amide bonds. The van der Waals surface area contributed by atoms with Crippen molar-refractivity contribution in [2.24, 2.45) is 0 Å². The summed E-state index contributed by atoms with van der Waals surface area (Å²) < 4.78 is 0. The molecule has 0 spiro atoms. The van der Waals surface area contributed by atoms with Crippen LogP contribution in [-0.2, 0) is 0 Å². The van der Waals surface area contributed by atoms with Gasteiger partial charge >= 0.3 is 6.03 Å². The van der Waals surface area contributed by atoms with Crippen molar-refractivity contribution in [2.75, 3.05) is 18.5 Å². The summed E-state index contributed by atoms with van der Waals surface area (Å²) >= 11 is 0. The van der Waals surface area contributed by atoms with Crippen molar-refractivity contribution in [3.63, 3.8) is 0 Å². The number of carbonyl (C=O) groups excluding carboxylic acids is 1. The van der Waals surface area contributed by atoms with E-state index < -0.39 is 0 Å². The van der Waals surface area contributed by atoms with E-state index in [1.54, 1.807) is 24.3 Å². The number of carbonyl (C=O) groups is 1. The molecule has 0 saturated carbocycles. The van der Waals surface area contributed by atoms with Gasteiger partial charge in [-0.1, -0.05) is 12.1 Å². The van der Waals surface area contributed by atoms with E-state index in [2.05, 4.69) is 16.7 Å². The quantitative estimate of drug-likeness (QED) is 0.624. The van der Waals surface area contributed by atoms with Crippen molar-refractivity contribution in [3.05, 3.63) is 30.3 Å². The highest BCUT2D eigenvalue weighted by Gasteiger charge is 1.98. The van der Waals surface area contributed by atoms with Crippen LogP contribution in [0.1, 0.15) is 6.42 Å². The fourth-order valence-corrected chi connectivity index (χ4v) is 0.926. The van der Waals surface area contributed by atoms with E-state index >= 15 is 0 Å². The summed E-state index contributed by atoms with van der Waals surface area (Å²) in [6.45, 7) is 0.557. The van der Waals surface area contributed by atoms with Crippen molar-refractivity contribution in [3.8, 4) is 0 Å². The molecule has 0 bridgehead atoms. The maximum absolute atomic E-state index is 11.2. The number of anilines is 1. The Morgan fingerprint density at radius 2 is 2.14 bits per heavy atom. The molecule has 0 heterocycles. The molecule has 0 aliphatic heterocycles. The molecule has 1 rings (SSSR count). The monoisotopic (exact) mass is 193 g/mol. The van der Waals surface area contributed by atoms with Crippen LogP contribution in [0, 0.1) is 6.07 Å². The summed E-state index contributed by atoms with van der Waals surface area (Å²) in [4.78, 5) is 11.2. The number of urea groups is 1. The third-order valence-corrected chi connectivity index (χ3v) is 1.60. The van der Waals surface area contributed by atoms with E-state index in [1.165, 1.54) is 0 Å². The first kappa shape index (κ1) is 10.5. The third-order valence-electron chi connectivity index (χ3n) is 1.60. The van der Waals surface area contributed by atoms with E-state index in [1.807, 2.05) is 0 Å². The molecule has 0 aliphatic carbocycles. The Kier molecular flexibility index (Phi) is 4.50. The van der Waals surface area contributed by atoms with Gasteiger partial charge in [0.1, 0.15) is 0 Å². The van der Waals surface area contributed by atoms with Gasteiger partial charge in [0.05, 0.1) is 0 Å². The first-order chi connectivity index (χ1) is 6.83. The minimum Gasteiger partial charge on any atom is -0.396 e.